The molecule has 4 rings (SSSR count). The van der Waals surface area contributed by atoms with Gasteiger partial charge in [-0.2, -0.15) is 0 Å². The number of aliphatic carboxylic acids is 1. The second-order valence-electron chi connectivity index (χ2n) is 6.83. The fourth-order valence-electron chi connectivity index (χ4n) is 3.07. The molecule has 0 radical (unpaired) electrons. The van der Waals surface area contributed by atoms with Gasteiger partial charge in [-0.25, -0.2) is 0 Å². The first-order valence-corrected chi connectivity index (χ1v) is 10.0. The molecule has 0 aliphatic heterocycles. The van der Waals surface area contributed by atoms with Crippen LogP contribution in [0.15, 0.2) is 66.7 Å². The van der Waals surface area contributed by atoms with Crippen molar-refractivity contribution in [2.24, 2.45) is 0 Å². The van der Waals surface area contributed by atoms with Crippen molar-refractivity contribution < 1.29 is 19.4 Å². The SMILES string of the molecule is O=C(O)Cc1ccc(Oc2ccc(NC(=O)c3cc4cc(Cl)ccc4[nH]3)cc2)c(Cl)c1. The molecule has 0 bridgehead atoms. The van der Waals surface area contributed by atoms with Crippen LogP contribution in [0.1, 0.15) is 16.1 Å². The molecular formula is C23H16Cl2N2O4. The summed E-state index contributed by atoms with van der Waals surface area (Å²) in [5, 5.41) is 13.5. The van der Waals surface area contributed by atoms with Crippen LogP contribution in [0, 0.1) is 0 Å². The summed E-state index contributed by atoms with van der Waals surface area (Å²) in [6.45, 7) is 0. The maximum absolute atomic E-state index is 12.5. The number of rotatable bonds is 6. The van der Waals surface area contributed by atoms with Gasteiger partial charge in [0.25, 0.3) is 5.91 Å². The van der Waals surface area contributed by atoms with Gasteiger partial charge in [0.05, 0.1) is 11.4 Å². The van der Waals surface area contributed by atoms with E-state index >= 15 is 0 Å². The molecule has 1 amide bonds. The Morgan fingerprint density at radius 3 is 2.45 bits per heavy atom. The Morgan fingerprint density at radius 2 is 1.74 bits per heavy atom. The number of H-pyrrole nitrogens is 1. The number of anilines is 1. The third kappa shape index (κ3) is 4.99. The molecule has 3 aromatic carbocycles. The predicted octanol–water partition coefficient (Wildman–Crippen LogP) is 6.15. The fourth-order valence-corrected chi connectivity index (χ4v) is 3.49. The molecule has 0 spiro atoms. The highest BCUT2D eigenvalue weighted by atomic mass is 35.5. The number of aromatic amines is 1. The molecule has 0 unspecified atom stereocenters. The number of benzene rings is 3. The third-order valence-electron chi connectivity index (χ3n) is 4.52. The lowest BCUT2D eigenvalue weighted by atomic mass is 10.1. The first-order chi connectivity index (χ1) is 14.9. The maximum atomic E-state index is 12.5. The number of hydrogen-bond acceptors (Lipinski definition) is 3. The smallest absolute Gasteiger partial charge is 0.307 e. The molecule has 0 fully saturated rings. The largest absolute Gasteiger partial charge is 0.481 e. The van der Waals surface area contributed by atoms with Gasteiger partial charge in [0.15, 0.2) is 0 Å². The highest BCUT2D eigenvalue weighted by molar-refractivity contribution is 6.32. The molecule has 31 heavy (non-hydrogen) atoms. The van der Waals surface area contributed by atoms with Crippen molar-refractivity contribution in [2.45, 2.75) is 6.42 Å². The summed E-state index contributed by atoms with van der Waals surface area (Å²) in [5.41, 5.74) is 2.43. The Morgan fingerprint density at radius 1 is 0.968 bits per heavy atom. The van der Waals surface area contributed by atoms with Gasteiger partial charge in [-0.05, 0) is 66.2 Å². The van der Waals surface area contributed by atoms with Gasteiger partial charge in [0.2, 0.25) is 0 Å². The highest BCUT2D eigenvalue weighted by Crippen LogP contribution is 2.31. The monoisotopic (exact) mass is 454 g/mol. The average molecular weight is 455 g/mol. The van der Waals surface area contributed by atoms with Crippen LogP contribution >= 0.6 is 23.2 Å². The number of hydrogen-bond donors (Lipinski definition) is 3. The summed E-state index contributed by atoms with van der Waals surface area (Å²) in [7, 11) is 0. The van der Waals surface area contributed by atoms with Crippen molar-refractivity contribution in [3.8, 4) is 11.5 Å². The van der Waals surface area contributed by atoms with Crippen molar-refractivity contribution in [2.75, 3.05) is 5.32 Å². The Bertz CT molecular complexity index is 1280. The molecule has 0 aliphatic rings. The van der Waals surface area contributed by atoms with Gasteiger partial charge in [-0.3, -0.25) is 9.59 Å². The van der Waals surface area contributed by atoms with Crippen LogP contribution in [0.5, 0.6) is 11.5 Å². The van der Waals surface area contributed by atoms with Crippen LogP contribution in [-0.4, -0.2) is 22.0 Å². The van der Waals surface area contributed by atoms with Crippen LogP contribution in [0.25, 0.3) is 10.9 Å². The number of carboxylic acid groups (broad SMARTS) is 1. The summed E-state index contributed by atoms with van der Waals surface area (Å²) in [6, 6.07) is 18.7. The quantitative estimate of drug-likeness (QED) is 0.325. The molecule has 1 heterocycles. The minimum Gasteiger partial charge on any atom is -0.481 e. The molecule has 0 atom stereocenters. The van der Waals surface area contributed by atoms with Gasteiger partial charge in [0, 0.05) is 21.6 Å². The van der Waals surface area contributed by atoms with Crippen LogP contribution < -0.4 is 10.1 Å². The van der Waals surface area contributed by atoms with E-state index in [9.17, 15) is 9.59 Å². The van der Waals surface area contributed by atoms with E-state index in [2.05, 4.69) is 10.3 Å². The van der Waals surface area contributed by atoms with E-state index in [1.165, 1.54) is 0 Å². The minimum atomic E-state index is -0.932. The summed E-state index contributed by atoms with van der Waals surface area (Å²) < 4.78 is 5.75. The molecule has 0 saturated heterocycles. The van der Waals surface area contributed by atoms with E-state index in [1.807, 2.05) is 6.07 Å². The number of nitrogens with one attached hydrogen (secondary N) is 2. The van der Waals surface area contributed by atoms with E-state index in [0.717, 1.165) is 10.9 Å². The molecule has 156 valence electrons. The Labute approximate surface area is 187 Å². The minimum absolute atomic E-state index is 0.113. The van der Waals surface area contributed by atoms with Crippen LogP contribution in [0.4, 0.5) is 5.69 Å². The van der Waals surface area contributed by atoms with E-state index in [-0.39, 0.29) is 12.3 Å². The summed E-state index contributed by atoms with van der Waals surface area (Å²) >= 11 is 12.2. The van der Waals surface area contributed by atoms with Crippen molar-refractivity contribution >= 4 is 51.7 Å². The molecule has 6 nitrogen and oxygen atoms in total. The molecule has 4 aromatic rings. The number of fused-ring (bicyclic) bond motifs is 1. The van der Waals surface area contributed by atoms with Gasteiger partial charge >= 0.3 is 5.97 Å². The lowest BCUT2D eigenvalue weighted by Gasteiger charge is -2.10. The molecule has 3 N–H and O–H groups in total. The van der Waals surface area contributed by atoms with E-state index in [1.54, 1.807) is 60.7 Å². The van der Waals surface area contributed by atoms with E-state index in [0.29, 0.717) is 38.5 Å². The van der Waals surface area contributed by atoms with Gasteiger partial charge in [-0.15, -0.1) is 0 Å². The van der Waals surface area contributed by atoms with Crippen LogP contribution in [0.3, 0.4) is 0 Å². The number of aromatic nitrogens is 1. The third-order valence-corrected chi connectivity index (χ3v) is 5.05. The zero-order chi connectivity index (χ0) is 22.0. The molecule has 1 aromatic heterocycles. The van der Waals surface area contributed by atoms with Crippen molar-refractivity contribution in [3.05, 3.63) is 88.0 Å². The number of carbonyl (C=O) groups excluding carboxylic acids is 1. The first-order valence-electron chi connectivity index (χ1n) is 9.25. The van der Waals surface area contributed by atoms with Crippen molar-refractivity contribution in [1.82, 2.24) is 4.98 Å². The van der Waals surface area contributed by atoms with Gasteiger partial charge in [0.1, 0.15) is 17.2 Å². The van der Waals surface area contributed by atoms with Gasteiger partial charge in [-0.1, -0.05) is 29.3 Å². The lowest BCUT2D eigenvalue weighted by Crippen LogP contribution is -2.12. The molecule has 0 saturated carbocycles. The normalized spacial score (nSPS) is 10.8. The fraction of sp³-hybridized carbons (Fsp3) is 0.0435. The summed E-state index contributed by atoms with van der Waals surface area (Å²) in [4.78, 5) is 26.4. The number of halogens is 2. The summed E-state index contributed by atoms with van der Waals surface area (Å²) in [6.07, 6.45) is -0.113. The lowest BCUT2D eigenvalue weighted by molar-refractivity contribution is -0.136. The van der Waals surface area contributed by atoms with Gasteiger partial charge < -0.3 is 20.1 Å². The zero-order valence-electron chi connectivity index (χ0n) is 16.0. The van der Waals surface area contributed by atoms with E-state index in [4.69, 9.17) is 33.0 Å². The van der Waals surface area contributed by atoms with Crippen molar-refractivity contribution in [1.29, 1.82) is 0 Å². The zero-order valence-corrected chi connectivity index (χ0v) is 17.5. The second-order valence-corrected chi connectivity index (χ2v) is 7.67. The highest BCUT2D eigenvalue weighted by Gasteiger charge is 2.11. The summed E-state index contributed by atoms with van der Waals surface area (Å²) in [5.74, 6) is -0.285. The topological polar surface area (TPSA) is 91.4 Å². The Balaban J connectivity index is 1.43. The number of carbonyl (C=O) groups is 2. The molecular weight excluding hydrogens is 439 g/mol. The van der Waals surface area contributed by atoms with E-state index < -0.39 is 5.97 Å². The number of amides is 1. The average Bonchev–Trinajstić information content (AvgIpc) is 3.14. The van der Waals surface area contributed by atoms with Crippen molar-refractivity contribution in [3.63, 3.8) is 0 Å². The second kappa shape index (κ2) is 8.71. The molecule has 0 aliphatic carbocycles. The first kappa shape index (κ1) is 20.8. The standard InChI is InChI=1S/C23H16Cl2N2O4/c24-15-2-7-19-14(11-15)12-20(27-19)23(30)26-16-3-5-17(6-4-16)31-21-8-1-13(9-18(21)25)10-22(28)29/h1-9,11-12,27H,10H2,(H,26,30)(H,28,29). The number of ether oxygens (including phenoxy) is 1. The Hall–Kier alpha value is -3.48. The maximum Gasteiger partial charge on any atom is 0.307 e. The number of carboxylic acids is 1. The van der Waals surface area contributed by atoms with Crippen LogP contribution in [0.2, 0.25) is 10.0 Å². The molecule has 8 heteroatoms. The van der Waals surface area contributed by atoms with Crippen LogP contribution in [-0.2, 0) is 11.2 Å². The Kier molecular flexibility index (Phi) is 5.84. The predicted molar refractivity (Wildman–Crippen MR) is 121 cm³/mol.